The van der Waals surface area contributed by atoms with Gasteiger partial charge in [-0.25, -0.2) is 13.1 Å². The molecule has 2 aliphatic rings. The smallest absolute Gasteiger partial charge is 0.240 e. The maximum atomic E-state index is 12.7. The molecular formula is C24H33N3O4S. The molecule has 1 saturated heterocycles. The third kappa shape index (κ3) is 5.79. The van der Waals surface area contributed by atoms with E-state index in [-0.39, 0.29) is 29.8 Å². The highest BCUT2D eigenvalue weighted by Crippen LogP contribution is 2.25. The number of aryl methyl sites for hydroxylation is 2. The van der Waals surface area contributed by atoms with Gasteiger partial charge in [-0.05, 0) is 87.0 Å². The Hall–Kier alpha value is -2.16. The van der Waals surface area contributed by atoms with Gasteiger partial charge in [0.05, 0.1) is 17.2 Å². The molecule has 32 heavy (non-hydrogen) atoms. The average Bonchev–Trinajstić information content (AvgIpc) is 3.34. The lowest BCUT2D eigenvalue weighted by Gasteiger charge is -2.33. The van der Waals surface area contributed by atoms with Gasteiger partial charge in [-0.2, -0.15) is 0 Å². The molecule has 1 aliphatic carbocycles. The van der Waals surface area contributed by atoms with Crippen molar-refractivity contribution in [3.05, 3.63) is 53.5 Å². The number of fused-ring (bicyclic) bond motifs is 1. The molecule has 4 rings (SSSR count). The molecule has 1 amide bonds. The highest BCUT2D eigenvalue weighted by molar-refractivity contribution is 7.89. The number of carbonyl (C=O) groups excluding carboxylic acids is 1. The van der Waals surface area contributed by atoms with Crippen molar-refractivity contribution in [2.24, 2.45) is 0 Å². The number of likely N-dealkylation sites (tertiary alicyclic amines) is 1. The molecule has 0 spiro atoms. The minimum atomic E-state index is -3.63. The predicted octanol–water partition coefficient (Wildman–Crippen LogP) is 3.17. The summed E-state index contributed by atoms with van der Waals surface area (Å²) in [5.41, 5.74) is 2.37. The van der Waals surface area contributed by atoms with Gasteiger partial charge in [0.1, 0.15) is 5.76 Å². The van der Waals surface area contributed by atoms with Crippen molar-refractivity contribution in [2.45, 2.75) is 62.3 Å². The van der Waals surface area contributed by atoms with Crippen molar-refractivity contribution in [1.82, 2.24) is 14.9 Å². The SMILES string of the molecule is O=C(CCNS(=O)(=O)c1ccc2c(c1)CCCC2)NCC(c1ccco1)N1CCCCC1. The van der Waals surface area contributed by atoms with Gasteiger partial charge < -0.3 is 9.73 Å². The molecule has 0 radical (unpaired) electrons. The summed E-state index contributed by atoms with van der Waals surface area (Å²) >= 11 is 0. The van der Waals surface area contributed by atoms with Crippen molar-refractivity contribution in [2.75, 3.05) is 26.2 Å². The molecule has 1 fully saturated rings. The Morgan fingerprint density at radius 2 is 1.81 bits per heavy atom. The van der Waals surface area contributed by atoms with Crippen LogP contribution in [0.1, 0.15) is 61.5 Å². The van der Waals surface area contributed by atoms with Crippen molar-refractivity contribution in [1.29, 1.82) is 0 Å². The maximum Gasteiger partial charge on any atom is 0.240 e. The number of hydrogen-bond acceptors (Lipinski definition) is 5. The van der Waals surface area contributed by atoms with Gasteiger partial charge in [0.15, 0.2) is 0 Å². The Balaban J connectivity index is 1.27. The van der Waals surface area contributed by atoms with Crippen LogP contribution in [-0.2, 0) is 27.7 Å². The molecule has 1 atom stereocenters. The van der Waals surface area contributed by atoms with Gasteiger partial charge in [0, 0.05) is 19.5 Å². The lowest BCUT2D eigenvalue weighted by Crippen LogP contribution is -2.41. The number of nitrogens with one attached hydrogen (secondary N) is 2. The van der Waals surface area contributed by atoms with Crippen molar-refractivity contribution < 1.29 is 17.6 Å². The molecule has 0 bridgehead atoms. The number of piperidine rings is 1. The molecule has 1 aromatic carbocycles. The van der Waals surface area contributed by atoms with E-state index in [2.05, 4.69) is 14.9 Å². The summed E-state index contributed by atoms with van der Waals surface area (Å²) in [5, 5.41) is 2.96. The van der Waals surface area contributed by atoms with E-state index >= 15 is 0 Å². The van der Waals surface area contributed by atoms with Crippen LogP contribution in [0.15, 0.2) is 45.9 Å². The van der Waals surface area contributed by atoms with E-state index in [4.69, 9.17) is 4.42 Å². The average molecular weight is 460 g/mol. The van der Waals surface area contributed by atoms with Crippen LogP contribution in [0.4, 0.5) is 0 Å². The maximum absolute atomic E-state index is 12.7. The lowest BCUT2D eigenvalue weighted by atomic mass is 9.92. The molecule has 2 N–H and O–H groups in total. The summed E-state index contributed by atoms with van der Waals surface area (Å²) in [6.07, 6.45) is 9.47. The van der Waals surface area contributed by atoms with Crippen LogP contribution >= 0.6 is 0 Å². The Labute approximate surface area is 190 Å². The van der Waals surface area contributed by atoms with Crippen molar-refractivity contribution in [3.63, 3.8) is 0 Å². The quantitative estimate of drug-likeness (QED) is 0.601. The number of carbonyl (C=O) groups is 1. The molecule has 2 heterocycles. The summed E-state index contributed by atoms with van der Waals surface area (Å²) in [5.74, 6) is 0.673. The van der Waals surface area contributed by atoms with Gasteiger partial charge in [-0.15, -0.1) is 0 Å². The minimum Gasteiger partial charge on any atom is -0.468 e. The largest absolute Gasteiger partial charge is 0.468 e. The van der Waals surface area contributed by atoms with Gasteiger partial charge in [-0.3, -0.25) is 9.69 Å². The molecule has 174 valence electrons. The van der Waals surface area contributed by atoms with E-state index in [0.717, 1.165) is 62.9 Å². The van der Waals surface area contributed by atoms with Crippen LogP contribution in [0, 0.1) is 0 Å². The normalized spacial score (nSPS) is 18.1. The topological polar surface area (TPSA) is 91.6 Å². The molecule has 0 saturated carbocycles. The molecule has 1 aliphatic heterocycles. The number of benzene rings is 1. The predicted molar refractivity (Wildman–Crippen MR) is 123 cm³/mol. The molecular weight excluding hydrogens is 426 g/mol. The fourth-order valence-electron chi connectivity index (χ4n) is 4.68. The second-order valence-electron chi connectivity index (χ2n) is 8.72. The zero-order valence-electron chi connectivity index (χ0n) is 18.5. The zero-order valence-corrected chi connectivity index (χ0v) is 19.3. The van der Waals surface area contributed by atoms with Crippen molar-refractivity contribution in [3.8, 4) is 0 Å². The summed E-state index contributed by atoms with van der Waals surface area (Å²) < 4.78 is 33.5. The molecule has 1 unspecified atom stereocenters. The fourth-order valence-corrected chi connectivity index (χ4v) is 5.76. The van der Waals surface area contributed by atoms with Crippen LogP contribution in [0.2, 0.25) is 0 Å². The molecule has 2 aromatic rings. The number of nitrogens with zero attached hydrogens (tertiary/aromatic N) is 1. The number of hydrogen-bond donors (Lipinski definition) is 2. The minimum absolute atomic E-state index is 0.00133. The van der Waals surface area contributed by atoms with Gasteiger partial charge in [0.25, 0.3) is 0 Å². The van der Waals surface area contributed by atoms with Crippen LogP contribution in [0.5, 0.6) is 0 Å². The van der Waals surface area contributed by atoms with Gasteiger partial charge in [-0.1, -0.05) is 12.5 Å². The standard InChI is InChI=1S/C24H33N3O4S/c28-24(25-18-22(23-9-6-16-31-23)27-14-4-1-5-15-27)12-13-26-32(29,30)21-11-10-19-7-2-3-8-20(19)17-21/h6,9-11,16-17,22,26H,1-5,7-8,12-15,18H2,(H,25,28). The second kappa shape index (κ2) is 10.6. The highest BCUT2D eigenvalue weighted by Gasteiger charge is 2.25. The number of rotatable bonds is 9. The Bertz CT molecular complexity index is 998. The third-order valence-electron chi connectivity index (χ3n) is 6.47. The Morgan fingerprint density at radius 3 is 2.56 bits per heavy atom. The monoisotopic (exact) mass is 459 g/mol. The van der Waals surface area contributed by atoms with Crippen LogP contribution in [0.25, 0.3) is 0 Å². The first kappa shape index (κ1) is 23.0. The molecule has 7 nitrogen and oxygen atoms in total. The zero-order chi connectivity index (χ0) is 22.4. The van der Waals surface area contributed by atoms with E-state index in [9.17, 15) is 13.2 Å². The summed E-state index contributed by atoms with van der Waals surface area (Å²) in [6, 6.07) is 9.18. The summed E-state index contributed by atoms with van der Waals surface area (Å²) in [4.78, 5) is 15.0. The van der Waals surface area contributed by atoms with E-state index in [1.165, 1.54) is 12.0 Å². The molecule has 8 heteroatoms. The summed E-state index contributed by atoms with van der Waals surface area (Å²) in [6.45, 7) is 2.49. The van der Waals surface area contributed by atoms with Crippen molar-refractivity contribution >= 4 is 15.9 Å². The summed E-state index contributed by atoms with van der Waals surface area (Å²) in [7, 11) is -3.63. The first-order valence-corrected chi connectivity index (χ1v) is 13.2. The van der Waals surface area contributed by atoms with E-state index < -0.39 is 10.0 Å². The Morgan fingerprint density at radius 1 is 1.03 bits per heavy atom. The number of sulfonamides is 1. The number of amides is 1. The second-order valence-corrected chi connectivity index (χ2v) is 10.5. The number of furan rings is 1. The first-order chi connectivity index (χ1) is 15.5. The van der Waals surface area contributed by atoms with E-state index in [1.54, 1.807) is 18.4 Å². The van der Waals surface area contributed by atoms with E-state index in [1.807, 2.05) is 18.2 Å². The van der Waals surface area contributed by atoms with Gasteiger partial charge in [0.2, 0.25) is 15.9 Å². The Kier molecular flexibility index (Phi) is 7.65. The first-order valence-electron chi connectivity index (χ1n) is 11.7. The highest BCUT2D eigenvalue weighted by atomic mass is 32.2. The van der Waals surface area contributed by atoms with Crippen LogP contribution in [-0.4, -0.2) is 45.4 Å². The van der Waals surface area contributed by atoms with E-state index in [0.29, 0.717) is 6.54 Å². The molecule has 1 aromatic heterocycles. The van der Waals surface area contributed by atoms with Crippen LogP contribution in [0.3, 0.4) is 0 Å². The lowest BCUT2D eigenvalue weighted by molar-refractivity contribution is -0.121. The fraction of sp³-hybridized carbons (Fsp3) is 0.542. The van der Waals surface area contributed by atoms with Crippen LogP contribution < -0.4 is 10.0 Å². The van der Waals surface area contributed by atoms with Gasteiger partial charge >= 0.3 is 0 Å². The third-order valence-corrected chi connectivity index (χ3v) is 7.93.